The molecule has 0 saturated carbocycles. The minimum Gasteiger partial charge on any atom is -0.258 e. The number of nitriles is 1. The molecule has 0 radical (unpaired) electrons. The highest BCUT2D eigenvalue weighted by atomic mass is 127. The topological polar surface area (TPSA) is 66.9 Å². The third-order valence-electron chi connectivity index (χ3n) is 2.20. The first-order chi connectivity index (χ1) is 7.65. The Hall–Kier alpha value is -1.20. The van der Waals surface area contributed by atoms with Gasteiger partial charge in [0, 0.05) is 11.5 Å². The predicted molar refractivity (Wildman–Crippen MR) is 70.5 cm³/mol. The summed E-state index contributed by atoms with van der Waals surface area (Å²) in [5.74, 6) is 0. The molecule has 1 heterocycles. The van der Waals surface area contributed by atoms with Crippen molar-refractivity contribution in [2.45, 2.75) is 6.42 Å². The zero-order valence-electron chi connectivity index (χ0n) is 7.94. The van der Waals surface area contributed by atoms with E-state index in [2.05, 4.69) is 28.7 Å². The highest BCUT2D eigenvalue weighted by Gasteiger charge is 2.18. The van der Waals surface area contributed by atoms with Crippen LogP contribution in [0.25, 0.3) is 10.1 Å². The Morgan fingerprint density at radius 3 is 2.94 bits per heavy atom. The van der Waals surface area contributed by atoms with Crippen LogP contribution in [0.1, 0.15) is 5.56 Å². The van der Waals surface area contributed by atoms with Gasteiger partial charge in [-0.15, -0.1) is 11.3 Å². The van der Waals surface area contributed by atoms with Gasteiger partial charge < -0.3 is 0 Å². The van der Waals surface area contributed by atoms with Gasteiger partial charge in [0.05, 0.1) is 20.3 Å². The van der Waals surface area contributed by atoms with E-state index in [1.54, 1.807) is 6.07 Å². The second-order valence-corrected chi connectivity index (χ2v) is 5.93. The molecule has 0 unspecified atom stereocenters. The van der Waals surface area contributed by atoms with Gasteiger partial charge in [-0.25, -0.2) is 0 Å². The molecule has 0 aliphatic heterocycles. The van der Waals surface area contributed by atoms with Gasteiger partial charge in [0.25, 0.3) is 5.69 Å². The summed E-state index contributed by atoms with van der Waals surface area (Å²) in [5, 5.41) is 20.4. The van der Waals surface area contributed by atoms with Crippen LogP contribution in [0.5, 0.6) is 0 Å². The quantitative estimate of drug-likeness (QED) is 0.476. The molecule has 0 atom stereocenters. The van der Waals surface area contributed by atoms with Gasteiger partial charge in [-0.3, -0.25) is 10.1 Å². The van der Waals surface area contributed by atoms with Gasteiger partial charge in [0.1, 0.15) is 4.70 Å². The lowest BCUT2D eigenvalue weighted by molar-refractivity contribution is -0.382. The number of nitro benzene ring substituents is 1. The summed E-state index contributed by atoms with van der Waals surface area (Å²) in [6.07, 6.45) is 0.291. The third kappa shape index (κ3) is 1.76. The molecule has 1 aromatic carbocycles. The lowest BCUT2D eigenvalue weighted by Gasteiger charge is -1.94. The standard InChI is InChI=1S/C10H5IN2O2S/c11-10-7(4-5-12)6-2-1-3-8(13(14)15)9(6)16-10/h1-3H,4H2. The van der Waals surface area contributed by atoms with Crippen molar-refractivity contribution < 1.29 is 4.92 Å². The molecule has 0 aliphatic carbocycles. The SMILES string of the molecule is N#CCc1c(I)sc2c([N+](=O)[O-])cccc12. The van der Waals surface area contributed by atoms with Crippen LogP contribution in [0.15, 0.2) is 18.2 Å². The fraction of sp³-hybridized carbons (Fsp3) is 0.100. The molecule has 6 heteroatoms. The molecular weight excluding hydrogens is 339 g/mol. The van der Waals surface area contributed by atoms with Gasteiger partial charge in [0.15, 0.2) is 0 Å². The molecule has 0 amide bonds. The zero-order valence-corrected chi connectivity index (χ0v) is 10.9. The van der Waals surface area contributed by atoms with Crippen LogP contribution in [-0.2, 0) is 6.42 Å². The van der Waals surface area contributed by atoms with Crippen molar-refractivity contribution in [3.05, 3.63) is 36.8 Å². The molecule has 0 aliphatic rings. The third-order valence-corrected chi connectivity index (χ3v) is 4.57. The van der Waals surface area contributed by atoms with E-state index in [0.717, 1.165) is 13.8 Å². The highest BCUT2D eigenvalue weighted by Crippen LogP contribution is 2.37. The summed E-state index contributed by atoms with van der Waals surface area (Å²) >= 11 is 3.49. The van der Waals surface area contributed by atoms with Crippen molar-refractivity contribution in [3.63, 3.8) is 0 Å². The number of benzene rings is 1. The van der Waals surface area contributed by atoms with Crippen LogP contribution in [0, 0.1) is 24.3 Å². The Kier molecular flexibility index (Phi) is 3.07. The number of halogens is 1. The molecular formula is C10H5IN2O2S. The van der Waals surface area contributed by atoms with Gasteiger partial charge >= 0.3 is 0 Å². The number of fused-ring (bicyclic) bond motifs is 1. The summed E-state index contributed by atoms with van der Waals surface area (Å²) in [5.41, 5.74) is 1.01. The van der Waals surface area contributed by atoms with Crippen molar-refractivity contribution in [3.8, 4) is 6.07 Å². The van der Waals surface area contributed by atoms with Gasteiger partial charge in [-0.2, -0.15) is 5.26 Å². The minimum absolute atomic E-state index is 0.115. The minimum atomic E-state index is -0.384. The Labute approximate surface area is 109 Å². The van der Waals surface area contributed by atoms with E-state index in [9.17, 15) is 10.1 Å². The number of hydrogen-bond acceptors (Lipinski definition) is 4. The van der Waals surface area contributed by atoms with E-state index in [0.29, 0.717) is 11.1 Å². The van der Waals surface area contributed by atoms with Crippen LogP contribution >= 0.6 is 33.9 Å². The Bertz CT molecular complexity index is 615. The molecule has 16 heavy (non-hydrogen) atoms. The van der Waals surface area contributed by atoms with E-state index < -0.39 is 0 Å². The highest BCUT2D eigenvalue weighted by molar-refractivity contribution is 14.1. The number of rotatable bonds is 2. The fourth-order valence-electron chi connectivity index (χ4n) is 1.51. The summed E-state index contributed by atoms with van der Waals surface area (Å²) in [6, 6.07) is 7.06. The lowest BCUT2D eigenvalue weighted by Crippen LogP contribution is -1.87. The molecule has 80 valence electrons. The number of thiophene rings is 1. The number of non-ortho nitro benzene ring substituents is 1. The van der Waals surface area contributed by atoms with Crippen molar-refractivity contribution in [1.82, 2.24) is 0 Å². The Balaban J connectivity index is 2.78. The van der Waals surface area contributed by atoms with Gasteiger partial charge in [0.2, 0.25) is 0 Å². The van der Waals surface area contributed by atoms with Crippen molar-refractivity contribution in [1.29, 1.82) is 5.26 Å². The maximum Gasteiger partial charge on any atom is 0.287 e. The average molecular weight is 344 g/mol. The number of hydrogen-bond donors (Lipinski definition) is 0. The van der Waals surface area contributed by atoms with E-state index in [-0.39, 0.29) is 10.6 Å². The molecule has 4 nitrogen and oxygen atoms in total. The number of nitro groups is 1. The number of nitrogens with zero attached hydrogens (tertiary/aromatic N) is 2. The van der Waals surface area contributed by atoms with Crippen molar-refractivity contribution in [2.75, 3.05) is 0 Å². The van der Waals surface area contributed by atoms with Crippen LogP contribution in [-0.4, -0.2) is 4.92 Å². The van der Waals surface area contributed by atoms with Crippen LogP contribution in [0.4, 0.5) is 5.69 Å². The smallest absolute Gasteiger partial charge is 0.258 e. The molecule has 0 spiro atoms. The summed E-state index contributed by atoms with van der Waals surface area (Å²) in [6.45, 7) is 0. The maximum absolute atomic E-state index is 10.8. The summed E-state index contributed by atoms with van der Waals surface area (Å²) < 4.78 is 1.60. The van der Waals surface area contributed by atoms with Gasteiger partial charge in [-0.05, 0) is 28.2 Å². The Morgan fingerprint density at radius 1 is 1.56 bits per heavy atom. The van der Waals surface area contributed by atoms with Crippen LogP contribution < -0.4 is 0 Å². The van der Waals surface area contributed by atoms with E-state index in [4.69, 9.17) is 5.26 Å². The second-order valence-electron chi connectivity index (χ2n) is 3.10. The van der Waals surface area contributed by atoms with Crippen molar-refractivity contribution >= 4 is 49.7 Å². The van der Waals surface area contributed by atoms with Crippen molar-refractivity contribution in [2.24, 2.45) is 0 Å². The second kappa shape index (κ2) is 4.35. The first-order valence-corrected chi connectivity index (χ1v) is 6.26. The van der Waals surface area contributed by atoms with Crippen LogP contribution in [0.3, 0.4) is 0 Å². The van der Waals surface area contributed by atoms with Gasteiger partial charge in [-0.1, -0.05) is 12.1 Å². The summed E-state index contributed by atoms with van der Waals surface area (Å²) in [7, 11) is 0. The molecule has 2 rings (SSSR count). The normalized spacial score (nSPS) is 10.2. The fourth-order valence-corrected chi connectivity index (χ4v) is 3.69. The van der Waals surface area contributed by atoms with E-state index >= 15 is 0 Å². The molecule has 2 aromatic rings. The molecule has 0 N–H and O–H groups in total. The molecule has 0 bridgehead atoms. The molecule has 0 saturated heterocycles. The first-order valence-electron chi connectivity index (χ1n) is 4.36. The molecule has 1 aromatic heterocycles. The maximum atomic E-state index is 10.8. The predicted octanol–water partition coefficient (Wildman–Crippen LogP) is 3.48. The monoisotopic (exact) mass is 344 g/mol. The summed E-state index contributed by atoms with van der Waals surface area (Å²) in [4.78, 5) is 10.5. The lowest BCUT2D eigenvalue weighted by atomic mass is 10.1. The molecule has 0 fully saturated rings. The van der Waals surface area contributed by atoms with E-state index in [1.165, 1.54) is 17.4 Å². The van der Waals surface area contributed by atoms with E-state index in [1.807, 2.05) is 6.07 Å². The Morgan fingerprint density at radius 2 is 2.31 bits per heavy atom. The first kappa shape index (κ1) is 11.3. The zero-order chi connectivity index (χ0) is 11.7. The average Bonchev–Trinajstić information content (AvgIpc) is 2.56. The largest absolute Gasteiger partial charge is 0.287 e. The van der Waals surface area contributed by atoms with Crippen LogP contribution in [0.2, 0.25) is 0 Å².